The monoisotopic (exact) mass is 796 g/mol. The number of anilines is 2. The normalized spacial score (nSPS) is 24.2. The zero-order valence-electron chi connectivity index (χ0n) is 29.0. The van der Waals surface area contributed by atoms with E-state index >= 15 is 4.39 Å². The highest BCUT2D eigenvalue weighted by atomic mass is 35.5. The predicted molar refractivity (Wildman–Crippen MR) is 184 cm³/mol. The van der Waals surface area contributed by atoms with Crippen LogP contribution in [0.5, 0.6) is 6.01 Å². The second-order valence-corrected chi connectivity index (χ2v) is 16.9. The van der Waals surface area contributed by atoms with Crippen LogP contribution in [0.4, 0.5) is 39.7 Å². The van der Waals surface area contributed by atoms with E-state index in [4.69, 9.17) is 26.8 Å². The third kappa shape index (κ3) is 7.58. The van der Waals surface area contributed by atoms with Gasteiger partial charge in [0.05, 0.1) is 48.5 Å². The Kier molecular flexibility index (Phi) is 9.29. The number of carbonyl (C=O) groups excluding carboxylic acids is 1. The van der Waals surface area contributed by atoms with Crippen molar-refractivity contribution in [1.29, 1.82) is 0 Å². The number of aromatic nitrogens is 4. The molecule has 1 aliphatic carbocycles. The minimum absolute atomic E-state index is 0.0751. The lowest BCUT2D eigenvalue weighted by atomic mass is 9.98. The molecule has 1 saturated carbocycles. The average molecular weight is 797 g/mol. The van der Waals surface area contributed by atoms with Crippen molar-refractivity contribution in [1.82, 2.24) is 29.5 Å². The molecule has 3 unspecified atom stereocenters. The van der Waals surface area contributed by atoms with E-state index in [-0.39, 0.29) is 47.0 Å². The molecule has 8 rings (SSSR count). The van der Waals surface area contributed by atoms with Crippen LogP contribution in [0.2, 0.25) is 5.02 Å². The highest BCUT2D eigenvalue weighted by Crippen LogP contribution is 3.02. The molecule has 20 heteroatoms. The van der Waals surface area contributed by atoms with Crippen LogP contribution in [0.1, 0.15) is 77.6 Å². The van der Waals surface area contributed by atoms with Gasteiger partial charge in [-0.05, 0) is 57.2 Å². The van der Waals surface area contributed by atoms with Gasteiger partial charge in [-0.25, -0.2) is 8.78 Å². The Morgan fingerprint density at radius 3 is 2.53 bits per heavy atom. The maximum Gasteiger partial charge on any atom is 0.318 e. The summed E-state index contributed by atoms with van der Waals surface area (Å²) < 4.78 is 110. The number of nitrogens with zero attached hydrogens (tertiary/aromatic N) is 7. The Morgan fingerprint density at radius 2 is 1.85 bits per heavy atom. The summed E-state index contributed by atoms with van der Waals surface area (Å²) in [6.45, 7) is 2.46. The minimum atomic E-state index is -10.3. The molecule has 5 aliphatic rings. The van der Waals surface area contributed by atoms with Gasteiger partial charge in [0.1, 0.15) is 16.9 Å². The molecule has 53 heavy (non-hydrogen) atoms. The molecule has 4 aliphatic heterocycles. The lowest BCUT2D eigenvalue weighted by molar-refractivity contribution is 0.0212. The number of fused-ring (bicyclic) bond motifs is 3. The molecule has 3 aromatic rings. The molecule has 3 atom stereocenters. The first-order valence-electron chi connectivity index (χ1n) is 17.4. The molecule has 0 radical (unpaired) electrons. The van der Waals surface area contributed by atoms with Gasteiger partial charge in [0.15, 0.2) is 11.5 Å². The number of amides is 1. The molecular formula is C33H40ClF7N8O3S. The number of hydrogen-bond donors (Lipinski definition) is 1. The lowest BCUT2D eigenvalue weighted by Crippen LogP contribution is -2.30. The van der Waals surface area contributed by atoms with E-state index in [0.717, 1.165) is 25.8 Å². The summed E-state index contributed by atoms with van der Waals surface area (Å²) in [6, 6.07) is 1.14. The Bertz CT molecular complexity index is 1920. The van der Waals surface area contributed by atoms with E-state index in [1.165, 1.54) is 20.0 Å². The summed E-state index contributed by atoms with van der Waals surface area (Å²) in [7, 11) is -7.36. The summed E-state index contributed by atoms with van der Waals surface area (Å²) in [5, 5.41) is 4.67. The van der Waals surface area contributed by atoms with Crippen LogP contribution in [0, 0.1) is 5.82 Å². The van der Waals surface area contributed by atoms with E-state index < -0.39 is 57.5 Å². The third-order valence-electron chi connectivity index (χ3n) is 10.5. The maximum atomic E-state index is 15.1. The van der Waals surface area contributed by atoms with E-state index in [1.54, 1.807) is 16.6 Å². The third-order valence-corrected chi connectivity index (χ3v) is 12.0. The van der Waals surface area contributed by atoms with Gasteiger partial charge in [0.2, 0.25) is 0 Å². The first kappa shape index (κ1) is 37.8. The van der Waals surface area contributed by atoms with Crippen molar-refractivity contribution in [2.45, 2.75) is 93.9 Å². The Balaban J connectivity index is 0.000000418. The second kappa shape index (κ2) is 13.0. The molecule has 2 N–H and O–H groups in total. The number of hydrogen-bond acceptors (Lipinski definition) is 9. The molecule has 3 fully saturated rings. The van der Waals surface area contributed by atoms with Crippen LogP contribution < -0.4 is 15.4 Å². The fourth-order valence-electron chi connectivity index (χ4n) is 7.62. The highest BCUT2D eigenvalue weighted by molar-refractivity contribution is 8.45. The topological polar surface area (TPSA) is 115 Å². The number of nitrogen functional groups attached to an aromatic ring is 1. The van der Waals surface area contributed by atoms with Crippen molar-refractivity contribution in [3.63, 3.8) is 0 Å². The zero-order chi connectivity index (χ0) is 38.1. The Hall–Kier alpha value is -3.55. The van der Waals surface area contributed by atoms with E-state index in [1.807, 2.05) is 4.90 Å². The van der Waals surface area contributed by atoms with Crippen LogP contribution in [-0.4, -0.2) is 87.5 Å². The van der Waals surface area contributed by atoms with Crippen LogP contribution in [0.15, 0.2) is 17.0 Å². The molecule has 0 bridgehead atoms. The summed E-state index contributed by atoms with van der Waals surface area (Å²) in [6.07, 6.45) is 2.92. The maximum absolute atomic E-state index is 15.1. The van der Waals surface area contributed by atoms with Crippen LogP contribution in [0.3, 0.4) is 0 Å². The fourth-order valence-corrected chi connectivity index (χ4v) is 8.86. The van der Waals surface area contributed by atoms with Crippen molar-refractivity contribution < 1.29 is 42.5 Å². The Morgan fingerprint density at radius 1 is 1.09 bits per heavy atom. The van der Waals surface area contributed by atoms with Gasteiger partial charge in [-0.1, -0.05) is 31.0 Å². The number of methoxy groups -OCH3 is 1. The van der Waals surface area contributed by atoms with E-state index in [0.29, 0.717) is 55.2 Å². The average Bonchev–Trinajstić information content (AvgIpc) is 3.73. The number of alkyl halides is 1. The smallest absolute Gasteiger partial charge is 0.318 e. The van der Waals surface area contributed by atoms with Crippen molar-refractivity contribution in [3.8, 4) is 6.01 Å². The molecule has 1 amide bonds. The van der Waals surface area contributed by atoms with Crippen molar-refractivity contribution in [2.75, 3.05) is 44.4 Å². The van der Waals surface area contributed by atoms with Gasteiger partial charge in [-0.15, -0.1) is 0 Å². The van der Waals surface area contributed by atoms with Gasteiger partial charge >= 0.3 is 16.2 Å². The van der Waals surface area contributed by atoms with Crippen molar-refractivity contribution >= 4 is 39.2 Å². The SMILES string of the molecule is COc1nc2c(c(N3CCCn4nc(C(=O)N(C)C5CC5)c(Cl)c4C3)n1)COC(c1c(S(F)(F)(F)(F)F)ccc(N)c1F)C2.FC1CC2CCCN2C1. The summed E-state index contributed by atoms with van der Waals surface area (Å²) in [5.41, 5.74) is 4.54. The number of ether oxygens (including phenoxy) is 2. The quantitative estimate of drug-likeness (QED) is 0.202. The summed E-state index contributed by atoms with van der Waals surface area (Å²) in [5.74, 6) is -1.62. The molecule has 292 valence electrons. The minimum Gasteiger partial charge on any atom is -0.467 e. The van der Waals surface area contributed by atoms with Crippen LogP contribution >= 0.6 is 21.8 Å². The number of rotatable bonds is 6. The molecule has 11 nitrogen and oxygen atoms in total. The summed E-state index contributed by atoms with van der Waals surface area (Å²) in [4.78, 5) is 25.1. The molecule has 6 heterocycles. The summed E-state index contributed by atoms with van der Waals surface area (Å²) >= 11 is 6.69. The lowest BCUT2D eigenvalue weighted by Gasteiger charge is -2.43. The first-order valence-corrected chi connectivity index (χ1v) is 19.7. The number of nitrogens with two attached hydrogens (primary N) is 1. The number of carbonyl (C=O) groups is 1. The van der Waals surface area contributed by atoms with Gasteiger partial charge < -0.3 is 25.0 Å². The molecule has 2 aromatic heterocycles. The van der Waals surface area contributed by atoms with E-state index in [2.05, 4.69) is 20.0 Å². The molecule has 0 spiro atoms. The molecule has 1 aromatic carbocycles. The highest BCUT2D eigenvalue weighted by Gasteiger charge is 2.67. The van der Waals surface area contributed by atoms with Gasteiger partial charge in [0.25, 0.3) is 5.91 Å². The van der Waals surface area contributed by atoms with Crippen molar-refractivity contribution in [2.24, 2.45) is 0 Å². The van der Waals surface area contributed by atoms with Gasteiger partial charge in [0, 0.05) is 56.3 Å². The van der Waals surface area contributed by atoms with Gasteiger partial charge in [-0.3, -0.25) is 14.4 Å². The standard InChI is InChI=1S/C26H28ClF6N7O3S.C7H12FN/c1-38(13-4-5-13)25(41)23-21(27)17-11-39(8-3-9-40(17)37-23)24-14-12-43-18(10-16(14)35-26(36-24)42-2)20-19(44(29,30,31,32)33)7-6-15(34)22(20)28;8-6-4-7-2-1-3-9(7)5-6/h6-7,13,18H,3-5,8-12,34H2,1-2H3;6-7H,1-5H2. The number of aryl methyl sites for hydroxylation is 1. The van der Waals surface area contributed by atoms with Crippen molar-refractivity contribution in [3.05, 3.63) is 51.2 Å². The Labute approximate surface area is 306 Å². The van der Waals surface area contributed by atoms with Crippen LogP contribution in [0.25, 0.3) is 0 Å². The predicted octanol–water partition coefficient (Wildman–Crippen LogP) is 7.37. The van der Waals surface area contributed by atoms with Gasteiger partial charge in [-0.2, -0.15) is 15.1 Å². The van der Waals surface area contributed by atoms with Crippen LogP contribution in [-0.2, 0) is 30.9 Å². The largest absolute Gasteiger partial charge is 0.467 e. The second-order valence-electron chi connectivity index (χ2n) is 14.2. The fraction of sp³-hybridized carbons (Fsp3) is 0.576. The van der Waals surface area contributed by atoms with E-state index in [9.17, 15) is 28.6 Å². The molecular weight excluding hydrogens is 757 g/mol. The first-order chi connectivity index (χ1) is 24.8. The number of benzene rings is 1. The molecule has 2 saturated heterocycles. The zero-order valence-corrected chi connectivity index (χ0v) is 30.6. The number of halogens is 8.